The number of anilines is 1. The molecular formula is C21H33IN4O3. The quantitative estimate of drug-likeness (QED) is 0.164. The molecule has 0 unspecified atom stereocenters. The Morgan fingerprint density at radius 2 is 1.93 bits per heavy atom. The van der Waals surface area contributed by atoms with Gasteiger partial charge in [0.1, 0.15) is 0 Å². The molecule has 0 aliphatic carbocycles. The third-order valence-corrected chi connectivity index (χ3v) is 4.66. The van der Waals surface area contributed by atoms with Gasteiger partial charge in [0.15, 0.2) is 5.96 Å². The maximum Gasteiger partial charge on any atom is 0.305 e. The van der Waals surface area contributed by atoms with Crippen LogP contribution in [0.1, 0.15) is 51.0 Å². The molecule has 2 N–H and O–H groups in total. The van der Waals surface area contributed by atoms with Crippen LogP contribution in [0.3, 0.4) is 0 Å². The summed E-state index contributed by atoms with van der Waals surface area (Å²) in [6.45, 7) is 5.03. The van der Waals surface area contributed by atoms with Crippen molar-refractivity contribution in [2.45, 2.75) is 52.0 Å². The fourth-order valence-electron chi connectivity index (χ4n) is 3.09. The zero-order valence-corrected chi connectivity index (χ0v) is 19.7. The number of amides is 1. The molecule has 2 rings (SSSR count). The van der Waals surface area contributed by atoms with Crippen LogP contribution in [0.5, 0.6) is 0 Å². The number of nitrogens with one attached hydrogen (secondary N) is 2. The van der Waals surface area contributed by atoms with Crippen LogP contribution in [-0.2, 0) is 20.9 Å². The molecule has 1 fully saturated rings. The van der Waals surface area contributed by atoms with Crippen molar-refractivity contribution < 1.29 is 14.3 Å². The Morgan fingerprint density at radius 1 is 1.17 bits per heavy atom. The van der Waals surface area contributed by atoms with Gasteiger partial charge in [-0.2, -0.15) is 0 Å². The maximum atomic E-state index is 11.8. The summed E-state index contributed by atoms with van der Waals surface area (Å²) in [6, 6.07) is 8.05. The predicted octanol–water partition coefficient (Wildman–Crippen LogP) is 3.22. The number of hydrogen-bond acceptors (Lipinski definition) is 4. The van der Waals surface area contributed by atoms with Crippen LogP contribution >= 0.6 is 24.0 Å². The second kappa shape index (κ2) is 14.2. The molecule has 1 aliphatic rings. The number of carbonyl (C=O) groups excluding carboxylic acids is 2. The van der Waals surface area contributed by atoms with Gasteiger partial charge in [-0.05, 0) is 43.9 Å². The van der Waals surface area contributed by atoms with E-state index in [1.165, 1.54) is 7.11 Å². The van der Waals surface area contributed by atoms with Crippen LogP contribution < -0.4 is 15.5 Å². The number of carbonyl (C=O) groups is 2. The number of guanidine groups is 1. The lowest BCUT2D eigenvalue weighted by atomic mass is 10.2. The molecule has 0 spiro atoms. The standard InChI is InChI=1S/C21H32N4O3.HI/c1-3-22-21(23-14-6-4-5-9-20(27)28-2)24-16-17-10-12-18(13-11-17)25-15-7-8-19(25)26;/h10-13H,3-9,14-16H2,1-2H3,(H2,22,23,24);1H. The van der Waals surface area contributed by atoms with Gasteiger partial charge in [0.2, 0.25) is 5.91 Å². The number of esters is 1. The number of benzene rings is 1. The first kappa shape index (κ1) is 25.2. The van der Waals surface area contributed by atoms with E-state index in [4.69, 9.17) is 0 Å². The second-order valence-electron chi connectivity index (χ2n) is 6.82. The van der Waals surface area contributed by atoms with Crippen molar-refractivity contribution in [3.05, 3.63) is 29.8 Å². The van der Waals surface area contributed by atoms with Crippen molar-refractivity contribution in [1.29, 1.82) is 0 Å². The summed E-state index contributed by atoms with van der Waals surface area (Å²) in [7, 11) is 1.42. The molecule has 0 aromatic heterocycles. The van der Waals surface area contributed by atoms with Crippen LogP contribution in [0.25, 0.3) is 0 Å². The van der Waals surface area contributed by atoms with Crippen LogP contribution in [0.4, 0.5) is 5.69 Å². The van der Waals surface area contributed by atoms with Crippen LogP contribution in [-0.4, -0.2) is 44.6 Å². The Balaban J connectivity index is 0.00000420. The lowest BCUT2D eigenvalue weighted by Gasteiger charge is -2.16. The minimum atomic E-state index is -0.150. The molecule has 1 aromatic carbocycles. The molecule has 8 heteroatoms. The highest BCUT2D eigenvalue weighted by Crippen LogP contribution is 2.21. The molecule has 162 valence electrons. The molecule has 7 nitrogen and oxygen atoms in total. The van der Waals surface area contributed by atoms with E-state index in [1.54, 1.807) is 0 Å². The van der Waals surface area contributed by atoms with Crippen molar-refractivity contribution in [3.8, 4) is 0 Å². The van der Waals surface area contributed by atoms with E-state index in [2.05, 4.69) is 20.4 Å². The highest BCUT2D eigenvalue weighted by molar-refractivity contribution is 14.0. The first-order valence-electron chi connectivity index (χ1n) is 10.1. The number of halogens is 1. The molecule has 1 aromatic rings. The predicted molar refractivity (Wildman–Crippen MR) is 127 cm³/mol. The first-order chi connectivity index (χ1) is 13.6. The second-order valence-corrected chi connectivity index (χ2v) is 6.82. The van der Waals surface area contributed by atoms with Crippen molar-refractivity contribution in [1.82, 2.24) is 10.6 Å². The minimum Gasteiger partial charge on any atom is -0.469 e. The molecular weight excluding hydrogens is 483 g/mol. The monoisotopic (exact) mass is 516 g/mol. The fraction of sp³-hybridized carbons (Fsp3) is 0.571. The van der Waals surface area contributed by atoms with E-state index < -0.39 is 0 Å². The van der Waals surface area contributed by atoms with E-state index in [0.717, 1.165) is 62.5 Å². The summed E-state index contributed by atoms with van der Waals surface area (Å²) in [4.78, 5) is 29.4. The minimum absolute atomic E-state index is 0. The van der Waals surface area contributed by atoms with Crippen molar-refractivity contribution in [2.75, 3.05) is 31.6 Å². The third-order valence-electron chi connectivity index (χ3n) is 4.66. The van der Waals surface area contributed by atoms with Gasteiger partial charge in [-0.1, -0.05) is 18.6 Å². The van der Waals surface area contributed by atoms with Crippen molar-refractivity contribution >= 4 is 47.5 Å². The molecule has 0 atom stereocenters. The molecule has 1 heterocycles. The summed E-state index contributed by atoms with van der Waals surface area (Å²) in [5.41, 5.74) is 2.07. The van der Waals surface area contributed by atoms with Crippen molar-refractivity contribution in [2.24, 2.45) is 4.99 Å². The number of ether oxygens (including phenoxy) is 1. The summed E-state index contributed by atoms with van der Waals surface area (Å²) in [6.07, 6.45) is 4.84. The number of unbranched alkanes of at least 4 members (excludes halogenated alkanes) is 2. The summed E-state index contributed by atoms with van der Waals surface area (Å²) in [5, 5.41) is 6.57. The van der Waals surface area contributed by atoms with Crippen molar-refractivity contribution in [3.63, 3.8) is 0 Å². The van der Waals surface area contributed by atoms with E-state index in [1.807, 2.05) is 36.1 Å². The zero-order chi connectivity index (χ0) is 20.2. The Bertz CT molecular complexity index is 664. The van der Waals surface area contributed by atoms with Crippen LogP contribution in [0.15, 0.2) is 29.3 Å². The lowest BCUT2D eigenvalue weighted by molar-refractivity contribution is -0.140. The summed E-state index contributed by atoms with van der Waals surface area (Å²) < 4.78 is 4.64. The average molecular weight is 516 g/mol. The highest BCUT2D eigenvalue weighted by Gasteiger charge is 2.21. The van der Waals surface area contributed by atoms with Gasteiger partial charge in [0, 0.05) is 38.2 Å². The topological polar surface area (TPSA) is 83.0 Å². The van der Waals surface area contributed by atoms with Gasteiger partial charge in [-0.25, -0.2) is 4.99 Å². The van der Waals surface area contributed by atoms with Gasteiger partial charge in [-0.3, -0.25) is 9.59 Å². The Morgan fingerprint density at radius 3 is 2.55 bits per heavy atom. The summed E-state index contributed by atoms with van der Waals surface area (Å²) in [5.74, 6) is 0.841. The largest absolute Gasteiger partial charge is 0.469 e. The first-order valence-corrected chi connectivity index (χ1v) is 10.1. The van der Waals surface area contributed by atoms with E-state index in [9.17, 15) is 9.59 Å². The van der Waals surface area contributed by atoms with Gasteiger partial charge in [0.25, 0.3) is 0 Å². The van der Waals surface area contributed by atoms with E-state index >= 15 is 0 Å². The molecule has 29 heavy (non-hydrogen) atoms. The Hall–Kier alpha value is -1.84. The van der Waals surface area contributed by atoms with Gasteiger partial charge < -0.3 is 20.3 Å². The molecule has 1 amide bonds. The maximum absolute atomic E-state index is 11.8. The SMILES string of the molecule is CCNC(=NCc1ccc(N2CCCC2=O)cc1)NCCCCCC(=O)OC.I. The number of hydrogen-bond donors (Lipinski definition) is 2. The number of methoxy groups -OCH3 is 1. The van der Waals surface area contributed by atoms with E-state index in [0.29, 0.717) is 19.4 Å². The highest BCUT2D eigenvalue weighted by atomic mass is 127. The Kier molecular flexibility index (Phi) is 12.3. The van der Waals surface area contributed by atoms with Gasteiger partial charge in [-0.15, -0.1) is 24.0 Å². The molecule has 0 radical (unpaired) electrons. The third kappa shape index (κ3) is 9.01. The van der Waals surface area contributed by atoms with Crippen LogP contribution in [0, 0.1) is 0 Å². The smallest absolute Gasteiger partial charge is 0.305 e. The average Bonchev–Trinajstić information content (AvgIpc) is 3.14. The number of aliphatic imine (C=N–C) groups is 1. The number of nitrogens with zero attached hydrogens (tertiary/aromatic N) is 2. The lowest BCUT2D eigenvalue weighted by Crippen LogP contribution is -2.37. The number of rotatable bonds is 10. The van der Waals surface area contributed by atoms with Gasteiger partial charge in [0.05, 0.1) is 13.7 Å². The van der Waals surface area contributed by atoms with Gasteiger partial charge >= 0.3 is 5.97 Å². The van der Waals surface area contributed by atoms with Crippen LogP contribution in [0.2, 0.25) is 0 Å². The molecule has 1 saturated heterocycles. The molecule has 0 saturated carbocycles. The van der Waals surface area contributed by atoms with E-state index in [-0.39, 0.29) is 35.9 Å². The zero-order valence-electron chi connectivity index (χ0n) is 17.4. The summed E-state index contributed by atoms with van der Waals surface area (Å²) >= 11 is 0. The Labute approximate surface area is 190 Å². The fourth-order valence-corrected chi connectivity index (χ4v) is 3.09. The molecule has 0 bridgehead atoms. The normalized spacial score (nSPS) is 13.8. The molecule has 1 aliphatic heterocycles.